The summed E-state index contributed by atoms with van der Waals surface area (Å²) >= 11 is 0. The van der Waals surface area contributed by atoms with Crippen LogP contribution in [0.15, 0.2) is 39.9 Å². The Labute approximate surface area is 158 Å². The fraction of sp³-hybridized carbons (Fsp3) is 0.381. The molecule has 2 aromatic rings. The molecule has 27 heavy (non-hydrogen) atoms. The third-order valence-corrected chi connectivity index (χ3v) is 5.24. The van der Waals surface area contributed by atoms with Crippen molar-refractivity contribution in [3.63, 3.8) is 0 Å². The van der Waals surface area contributed by atoms with Crippen LogP contribution in [0, 0.1) is 6.92 Å². The Morgan fingerprint density at radius 3 is 2.56 bits per heavy atom. The molecule has 1 aromatic heterocycles. The van der Waals surface area contributed by atoms with E-state index < -0.39 is 0 Å². The van der Waals surface area contributed by atoms with Gasteiger partial charge in [-0.3, -0.25) is 9.59 Å². The lowest BCUT2D eigenvalue weighted by atomic mass is 9.93. The first-order valence-corrected chi connectivity index (χ1v) is 9.49. The number of nitrogens with one attached hydrogen (secondary N) is 1. The number of aryl methyl sites for hydroxylation is 1. The summed E-state index contributed by atoms with van der Waals surface area (Å²) in [4.78, 5) is 26.9. The maximum atomic E-state index is 12.8. The van der Waals surface area contributed by atoms with Crippen molar-refractivity contribution in [3.05, 3.63) is 58.5 Å². The molecule has 2 aliphatic rings. The highest BCUT2D eigenvalue weighted by Crippen LogP contribution is 2.31. The maximum absolute atomic E-state index is 12.8. The van der Waals surface area contributed by atoms with Crippen molar-refractivity contribution in [2.24, 2.45) is 5.10 Å². The van der Waals surface area contributed by atoms with Crippen molar-refractivity contribution < 1.29 is 14.0 Å². The van der Waals surface area contributed by atoms with E-state index >= 15 is 0 Å². The molecule has 1 N–H and O–H groups in total. The van der Waals surface area contributed by atoms with Crippen LogP contribution in [0.25, 0.3) is 0 Å². The summed E-state index contributed by atoms with van der Waals surface area (Å²) in [5.41, 5.74) is 5.70. The van der Waals surface area contributed by atoms with Gasteiger partial charge in [0.05, 0.1) is 5.71 Å². The van der Waals surface area contributed by atoms with Crippen LogP contribution >= 0.6 is 0 Å². The molecular weight excluding hydrogens is 342 g/mol. The molecule has 2 heterocycles. The minimum atomic E-state index is -0.246. The Balaban J connectivity index is 1.59. The standard InChI is InChI=1S/C21H23N3O3/c1-14-18-16(22-23-20(25)15-8-3-2-4-9-15)10-7-11-17(18)27-19(14)21(26)24-12-5-6-13-24/h2-4,8-9H,5-7,10-13H2,1H3,(H,23,25)/b22-16+. The second-order valence-electron chi connectivity index (χ2n) is 7.07. The lowest BCUT2D eigenvalue weighted by Gasteiger charge is -2.14. The van der Waals surface area contributed by atoms with Gasteiger partial charge < -0.3 is 9.32 Å². The molecule has 0 unspecified atom stereocenters. The minimum Gasteiger partial charge on any atom is -0.455 e. The van der Waals surface area contributed by atoms with Crippen molar-refractivity contribution in [1.29, 1.82) is 0 Å². The monoisotopic (exact) mass is 365 g/mol. The zero-order valence-corrected chi connectivity index (χ0v) is 15.5. The van der Waals surface area contributed by atoms with Gasteiger partial charge >= 0.3 is 0 Å². The van der Waals surface area contributed by atoms with Crippen LogP contribution in [0.4, 0.5) is 0 Å². The van der Waals surface area contributed by atoms with Crippen molar-refractivity contribution in [3.8, 4) is 0 Å². The van der Waals surface area contributed by atoms with Crippen molar-refractivity contribution in [1.82, 2.24) is 10.3 Å². The molecule has 140 valence electrons. The molecule has 0 saturated carbocycles. The first-order chi connectivity index (χ1) is 13.1. The second-order valence-corrected chi connectivity index (χ2v) is 7.07. The Morgan fingerprint density at radius 2 is 1.81 bits per heavy atom. The number of carbonyl (C=O) groups excluding carboxylic acids is 2. The molecule has 0 radical (unpaired) electrons. The molecule has 0 spiro atoms. The predicted octanol–water partition coefficient (Wildman–Crippen LogP) is 3.29. The number of amides is 2. The number of hydrazone groups is 1. The van der Waals surface area contributed by atoms with Crippen LogP contribution in [0.1, 0.15) is 63.5 Å². The van der Waals surface area contributed by atoms with Gasteiger partial charge in [0.15, 0.2) is 5.76 Å². The van der Waals surface area contributed by atoms with Crippen molar-refractivity contribution in [2.45, 2.75) is 39.0 Å². The smallest absolute Gasteiger partial charge is 0.289 e. The molecule has 1 aliphatic carbocycles. The van der Waals surface area contributed by atoms with E-state index in [-0.39, 0.29) is 11.8 Å². The zero-order valence-electron chi connectivity index (χ0n) is 15.5. The number of furan rings is 1. The topological polar surface area (TPSA) is 74.9 Å². The third-order valence-electron chi connectivity index (χ3n) is 5.24. The fourth-order valence-electron chi connectivity index (χ4n) is 3.82. The molecule has 1 fully saturated rings. The van der Waals surface area contributed by atoms with Gasteiger partial charge in [-0.15, -0.1) is 0 Å². The Morgan fingerprint density at radius 1 is 1.07 bits per heavy atom. The Kier molecular flexibility index (Phi) is 4.79. The van der Waals surface area contributed by atoms with Crippen LogP contribution in [-0.2, 0) is 6.42 Å². The van der Waals surface area contributed by atoms with Crippen LogP contribution in [-0.4, -0.2) is 35.5 Å². The highest BCUT2D eigenvalue weighted by Gasteiger charge is 2.31. The largest absolute Gasteiger partial charge is 0.455 e. The lowest BCUT2D eigenvalue weighted by molar-refractivity contribution is 0.0758. The number of rotatable bonds is 3. The van der Waals surface area contributed by atoms with E-state index in [9.17, 15) is 9.59 Å². The fourth-order valence-corrected chi connectivity index (χ4v) is 3.82. The minimum absolute atomic E-state index is 0.0351. The van der Waals surface area contributed by atoms with Crippen molar-refractivity contribution in [2.75, 3.05) is 13.1 Å². The molecule has 1 saturated heterocycles. The molecule has 6 nitrogen and oxygen atoms in total. The number of nitrogens with zero attached hydrogens (tertiary/aromatic N) is 2. The second kappa shape index (κ2) is 7.39. The molecule has 1 aromatic carbocycles. The SMILES string of the molecule is Cc1c(C(=O)N2CCCC2)oc2c1/C(=N/NC(=O)c1ccccc1)CCC2. The third kappa shape index (κ3) is 3.39. The summed E-state index contributed by atoms with van der Waals surface area (Å²) in [5, 5.41) is 4.36. The maximum Gasteiger partial charge on any atom is 0.289 e. The summed E-state index contributed by atoms with van der Waals surface area (Å²) in [7, 11) is 0. The molecular formula is C21H23N3O3. The van der Waals surface area contributed by atoms with E-state index in [0.29, 0.717) is 11.3 Å². The number of benzene rings is 1. The summed E-state index contributed by atoms with van der Waals surface area (Å²) in [6.07, 6.45) is 4.51. The van der Waals surface area contributed by atoms with E-state index in [1.165, 1.54) is 0 Å². The van der Waals surface area contributed by atoms with Crippen LogP contribution in [0.5, 0.6) is 0 Å². The van der Waals surface area contributed by atoms with Gasteiger partial charge in [0, 0.05) is 36.2 Å². The summed E-state index contributed by atoms with van der Waals surface area (Å²) in [6, 6.07) is 8.99. The summed E-state index contributed by atoms with van der Waals surface area (Å²) in [5.74, 6) is 0.941. The van der Waals surface area contributed by atoms with Gasteiger partial charge in [0.2, 0.25) is 0 Å². The first-order valence-electron chi connectivity index (χ1n) is 9.49. The summed E-state index contributed by atoms with van der Waals surface area (Å²) < 4.78 is 5.95. The molecule has 0 bridgehead atoms. The predicted molar refractivity (Wildman–Crippen MR) is 102 cm³/mol. The van der Waals surface area contributed by atoms with Gasteiger partial charge in [-0.25, -0.2) is 5.43 Å². The van der Waals surface area contributed by atoms with Crippen LogP contribution < -0.4 is 5.43 Å². The van der Waals surface area contributed by atoms with E-state index in [2.05, 4.69) is 10.5 Å². The molecule has 0 atom stereocenters. The average Bonchev–Trinajstić information content (AvgIpc) is 3.35. The number of fused-ring (bicyclic) bond motifs is 1. The lowest BCUT2D eigenvalue weighted by Crippen LogP contribution is -2.27. The molecule has 1 aliphatic heterocycles. The van der Waals surface area contributed by atoms with E-state index in [0.717, 1.165) is 67.8 Å². The van der Waals surface area contributed by atoms with Gasteiger partial charge in [0.1, 0.15) is 5.76 Å². The molecule has 6 heteroatoms. The number of carbonyl (C=O) groups is 2. The normalized spacial score (nSPS) is 17.8. The van der Waals surface area contributed by atoms with E-state index in [4.69, 9.17) is 4.42 Å². The van der Waals surface area contributed by atoms with Gasteiger partial charge in [0.25, 0.3) is 11.8 Å². The molecule has 2 amide bonds. The van der Waals surface area contributed by atoms with Gasteiger partial charge in [-0.05, 0) is 44.7 Å². The van der Waals surface area contributed by atoms with Crippen LogP contribution in [0.2, 0.25) is 0 Å². The Bertz CT molecular complexity index is 893. The van der Waals surface area contributed by atoms with Crippen molar-refractivity contribution >= 4 is 17.5 Å². The average molecular weight is 365 g/mol. The molecule has 4 rings (SSSR count). The Hall–Kier alpha value is -2.89. The van der Waals surface area contributed by atoms with E-state index in [1.807, 2.05) is 30.0 Å². The zero-order chi connectivity index (χ0) is 18.8. The number of likely N-dealkylation sites (tertiary alicyclic amines) is 1. The highest BCUT2D eigenvalue weighted by molar-refractivity contribution is 6.07. The van der Waals surface area contributed by atoms with Gasteiger partial charge in [-0.1, -0.05) is 18.2 Å². The number of hydrogen-bond donors (Lipinski definition) is 1. The highest BCUT2D eigenvalue weighted by atomic mass is 16.4. The summed E-state index contributed by atoms with van der Waals surface area (Å²) in [6.45, 7) is 3.49. The van der Waals surface area contributed by atoms with Gasteiger partial charge in [-0.2, -0.15) is 5.10 Å². The van der Waals surface area contributed by atoms with E-state index in [1.54, 1.807) is 12.1 Å². The number of hydrogen-bond acceptors (Lipinski definition) is 4. The first kappa shape index (κ1) is 17.5. The van der Waals surface area contributed by atoms with Crippen LogP contribution in [0.3, 0.4) is 0 Å². The quantitative estimate of drug-likeness (QED) is 0.848.